The third-order valence-corrected chi connectivity index (χ3v) is 2.98. The van der Waals surface area contributed by atoms with Crippen LogP contribution >= 0.6 is 24.0 Å². The fourth-order valence-electron chi connectivity index (χ4n) is 1.80. The number of hydrogen-bond donors (Lipinski definition) is 1. The number of halogens is 3. The minimum atomic E-state index is -1.33. The number of carboxylic acids is 1. The Labute approximate surface area is 118 Å². The van der Waals surface area contributed by atoms with E-state index in [0.29, 0.717) is 12.1 Å². The number of nitrogens with zero attached hydrogens (tertiary/aromatic N) is 1. The molecular formula is C12H10Cl2FNO3. The molecule has 19 heavy (non-hydrogen) atoms. The molecule has 1 N–H and O–H groups in total. The van der Waals surface area contributed by atoms with Crippen molar-refractivity contribution in [2.24, 2.45) is 0 Å². The van der Waals surface area contributed by atoms with Crippen LogP contribution in [0.2, 0.25) is 5.02 Å². The quantitative estimate of drug-likeness (QED) is 0.928. The molecule has 1 heterocycles. The second-order valence-corrected chi connectivity index (χ2v) is 4.15. The summed E-state index contributed by atoms with van der Waals surface area (Å²) < 4.78 is 14.9. The van der Waals surface area contributed by atoms with Crippen LogP contribution in [0.15, 0.2) is 23.1 Å². The van der Waals surface area contributed by atoms with E-state index >= 15 is 0 Å². The monoisotopic (exact) mass is 305 g/mol. The summed E-state index contributed by atoms with van der Waals surface area (Å²) in [4.78, 5) is 22.8. The molecule has 0 atom stereocenters. The van der Waals surface area contributed by atoms with Crippen molar-refractivity contribution in [1.82, 2.24) is 4.57 Å². The third-order valence-electron chi connectivity index (χ3n) is 2.69. The highest BCUT2D eigenvalue weighted by atomic mass is 35.5. The Morgan fingerprint density at radius 1 is 1.47 bits per heavy atom. The molecule has 0 saturated carbocycles. The summed E-state index contributed by atoms with van der Waals surface area (Å²) in [5.41, 5.74) is -0.678. The van der Waals surface area contributed by atoms with Gasteiger partial charge in [-0.15, -0.1) is 12.4 Å². The molecule has 0 radical (unpaired) electrons. The van der Waals surface area contributed by atoms with Crippen LogP contribution in [0.1, 0.15) is 17.3 Å². The molecule has 0 aliphatic heterocycles. The Morgan fingerprint density at radius 3 is 2.63 bits per heavy atom. The van der Waals surface area contributed by atoms with E-state index in [9.17, 15) is 14.0 Å². The first-order chi connectivity index (χ1) is 8.45. The van der Waals surface area contributed by atoms with Gasteiger partial charge in [0.25, 0.3) is 0 Å². The molecule has 0 unspecified atom stereocenters. The molecule has 0 amide bonds. The van der Waals surface area contributed by atoms with Gasteiger partial charge in [0.1, 0.15) is 11.4 Å². The predicted molar refractivity (Wildman–Crippen MR) is 73.1 cm³/mol. The summed E-state index contributed by atoms with van der Waals surface area (Å²) in [6.45, 7) is 2.23. The maximum atomic E-state index is 13.4. The Kier molecular flexibility index (Phi) is 4.55. The van der Waals surface area contributed by atoms with E-state index < -0.39 is 17.2 Å². The fraction of sp³-hybridized carbons (Fsp3) is 0.167. The van der Waals surface area contributed by atoms with E-state index in [1.165, 1.54) is 12.3 Å². The Balaban J connectivity index is 0.00000180. The third kappa shape index (κ3) is 2.57. The maximum Gasteiger partial charge on any atom is 0.341 e. The zero-order valence-electron chi connectivity index (χ0n) is 9.81. The molecule has 102 valence electrons. The van der Waals surface area contributed by atoms with Gasteiger partial charge < -0.3 is 9.67 Å². The van der Waals surface area contributed by atoms with Gasteiger partial charge in [-0.3, -0.25) is 4.79 Å². The van der Waals surface area contributed by atoms with Crippen LogP contribution in [-0.4, -0.2) is 15.6 Å². The van der Waals surface area contributed by atoms with Crippen molar-refractivity contribution in [3.05, 3.63) is 45.0 Å². The standard InChI is InChI=1S/C12H9ClFNO3.ClH/c1-2-15-5-7(12(17)18)11(16)6-3-9(14)8(13)4-10(6)15;/h3-5H,2H2,1H3,(H,17,18);1H. The zero-order chi connectivity index (χ0) is 13.4. The molecule has 0 fully saturated rings. The van der Waals surface area contributed by atoms with E-state index in [2.05, 4.69) is 0 Å². The van der Waals surface area contributed by atoms with Crippen molar-refractivity contribution in [3.8, 4) is 0 Å². The Bertz CT molecular complexity index is 712. The number of aromatic nitrogens is 1. The number of carbonyl (C=O) groups is 1. The van der Waals surface area contributed by atoms with Crippen LogP contribution in [0, 0.1) is 5.82 Å². The van der Waals surface area contributed by atoms with Gasteiger partial charge >= 0.3 is 5.97 Å². The molecule has 1 aromatic carbocycles. The normalized spacial score (nSPS) is 10.3. The SMILES string of the molecule is CCn1cc(C(=O)O)c(=O)c2cc(F)c(Cl)cc21.Cl. The number of fused-ring (bicyclic) bond motifs is 1. The molecule has 2 rings (SSSR count). The number of rotatable bonds is 2. The molecule has 0 aliphatic carbocycles. The van der Waals surface area contributed by atoms with Gasteiger partial charge in [0, 0.05) is 18.1 Å². The minimum absolute atomic E-state index is 0. The number of carboxylic acid groups (broad SMARTS) is 1. The highest BCUT2D eigenvalue weighted by Gasteiger charge is 2.15. The number of aromatic carboxylic acids is 1. The molecule has 7 heteroatoms. The van der Waals surface area contributed by atoms with Crippen LogP contribution < -0.4 is 5.43 Å². The predicted octanol–water partition coefficient (Wildman–Crippen LogP) is 2.93. The van der Waals surface area contributed by atoms with E-state index in [0.717, 1.165) is 6.07 Å². The minimum Gasteiger partial charge on any atom is -0.477 e. The second-order valence-electron chi connectivity index (χ2n) is 3.75. The molecule has 2 aromatic rings. The zero-order valence-corrected chi connectivity index (χ0v) is 11.4. The molecule has 4 nitrogen and oxygen atoms in total. The lowest BCUT2D eigenvalue weighted by Crippen LogP contribution is -2.18. The average molecular weight is 306 g/mol. The van der Waals surface area contributed by atoms with Gasteiger partial charge in [-0.05, 0) is 19.1 Å². The smallest absolute Gasteiger partial charge is 0.341 e. The second kappa shape index (κ2) is 5.59. The van der Waals surface area contributed by atoms with E-state index in [1.54, 1.807) is 11.5 Å². The number of benzene rings is 1. The first kappa shape index (κ1) is 15.5. The highest BCUT2D eigenvalue weighted by molar-refractivity contribution is 6.31. The summed E-state index contributed by atoms with van der Waals surface area (Å²) in [5.74, 6) is -2.08. The van der Waals surface area contributed by atoms with Crippen molar-refractivity contribution in [1.29, 1.82) is 0 Å². The van der Waals surface area contributed by atoms with Crippen molar-refractivity contribution in [2.75, 3.05) is 0 Å². The first-order valence-electron chi connectivity index (χ1n) is 5.21. The Morgan fingerprint density at radius 2 is 2.11 bits per heavy atom. The van der Waals surface area contributed by atoms with Crippen molar-refractivity contribution < 1.29 is 14.3 Å². The Hall–Kier alpha value is -1.59. The van der Waals surface area contributed by atoms with Gasteiger partial charge in [0.15, 0.2) is 0 Å². The van der Waals surface area contributed by atoms with Gasteiger partial charge in [-0.1, -0.05) is 11.6 Å². The van der Waals surface area contributed by atoms with Gasteiger partial charge in [0.2, 0.25) is 5.43 Å². The molecule has 0 bridgehead atoms. The van der Waals surface area contributed by atoms with Crippen LogP contribution in [0.3, 0.4) is 0 Å². The summed E-state index contributed by atoms with van der Waals surface area (Å²) in [6, 6.07) is 2.29. The summed E-state index contributed by atoms with van der Waals surface area (Å²) in [6.07, 6.45) is 1.24. The van der Waals surface area contributed by atoms with Gasteiger partial charge in [-0.2, -0.15) is 0 Å². The maximum absolute atomic E-state index is 13.4. The molecule has 0 spiro atoms. The van der Waals surface area contributed by atoms with Crippen LogP contribution in [0.5, 0.6) is 0 Å². The first-order valence-corrected chi connectivity index (χ1v) is 5.59. The topological polar surface area (TPSA) is 59.3 Å². The van der Waals surface area contributed by atoms with Crippen LogP contribution in [-0.2, 0) is 6.54 Å². The number of aryl methyl sites for hydroxylation is 1. The van der Waals surface area contributed by atoms with E-state index in [1.807, 2.05) is 0 Å². The summed E-state index contributed by atoms with van der Waals surface area (Å²) >= 11 is 5.66. The summed E-state index contributed by atoms with van der Waals surface area (Å²) in [5, 5.41) is 8.84. The van der Waals surface area contributed by atoms with Crippen LogP contribution in [0.25, 0.3) is 10.9 Å². The highest BCUT2D eigenvalue weighted by Crippen LogP contribution is 2.21. The molecule has 1 aromatic heterocycles. The molecule has 0 aliphatic rings. The lowest BCUT2D eigenvalue weighted by Gasteiger charge is -2.10. The fourth-order valence-corrected chi connectivity index (χ4v) is 1.96. The lowest BCUT2D eigenvalue weighted by molar-refractivity contribution is 0.0695. The molecular weight excluding hydrogens is 296 g/mol. The average Bonchev–Trinajstić information content (AvgIpc) is 2.32. The summed E-state index contributed by atoms with van der Waals surface area (Å²) in [7, 11) is 0. The largest absolute Gasteiger partial charge is 0.477 e. The van der Waals surface area contributed by atoms with Crippen molar-refractivity contribution >= 4 is 40.9 Å². The van der Waals surface area contributed by atoms with E-state index in [-0.39, 0.29) is 28.4 Å². The molecule has 0 saturated heterocycles. The van der Waals surface area contributed by atoms with Crippen LogP contribution in [0.4, 0.5) is 4.39 Å². The van der Waals surface area contributed by atoms with Crippen molar-refractivity contribution in [2.45, 2.75) is 13.5 Å². The number of hydrogen-bond acceptors (Lipinski definition) is 2. The van der Waals surface area contributed by atoms with E-state index in [4.69, 9.17) is 16.7 Å². The van der Waals surface area contributed by atoms with Crippen molar-refractivity contribution in [3.63, 3.8) is 0 Å². The lowest BCUT2D eigenvalue weighted by atomic mass is 10.1. The van der Waals surface area contributed by atoms with Gasteiger partial charge in [0.05, 0.1) is 10.5 Å². The van der Waals surface area contributed by atoms with Gasteiger partial charge in [-0.25, -0.2) is 9.18 Å². The number of pyridine rings is 1.